The van der Waals surface area contributed by atoms with Crippen molar-refractivity contribution in [2.24, 2.45) is 5.92 Å². The lowest BCUT2D eigenvalue weighted by atomic mass is 9.69. The summed E-state index contributed by atoms with van der Waals surface area (Å²) in [5.41, 5.74) is 1.41. The van der Waals surface area contributed by atoms with Crippen molar-refractivity contribution in [3.05, 3.63) is 42.2 Å². The van der Waals surface area contributed by atoms with Gasteiger partial charge < -0.3 is 4.90 Å². The Morgan fingerprint density at radius 1 is 1.47 bits per heavy atom. The molecule has 0 aromatic carbocycles. The Kier molecular flexibility index (Phi) is 3.63. The van der Waals surface area contributed by atoms with Crippen LogP contribution in [0.15, 0.2) is 36.5 Å². The Balaban J connectivity index is 2.33. The number of likely N-dealkylation sites (tertiary alicyclic amines) is 1. The molecule has 2 rings (SSSR count). The van der Waals surface area contributed by atoms with E-state index < -0.39 is 0 Å². The molecule has 2 unspecified atom stereocenters. The molecule has 0 amide bonds. The molecule has 0 bridgehead atoms. The molecule has 0 aliphatic carbocycles. The van der Waals surface area contributed by atoms with Gasteiger partial charge in [0.05, 0.1) is 0 Å². The van der Waals surface area contributed by atoms with Crippen LogP contribution in [0.1, 0.15) is 26.0 Å². The number of hydrogen-bond donors (Lipinski definition) is 0. The second-order valence-corrected chi connectivity index (χ2v) is 5.28. The molecule has 1 aliphatic heterocycles. The van der Waals surface area contributed by atoms with Crippen LogP contribution in [0.2, 0.25) is 0 Å². The molecule has 92 valence electrons. The van der Waals surface area contributed by atoms with Gasteiger partial charge >= 0.3 is 0 Å². The van der Waals surface area contributed by atoms with Crippen LogP contribution in [0, 0.1) is 5.92 Å². The molecule has 2 atom stereocenters. The molecule has 0 saturated carbocycles. The Morgan fingerprint density at radius 2 is 2.29 bits per heavy atom. The van der Waals surface area contributed by atoms with E-state index in [9.17, 15) is 0 Å². The first kappa shape index (κ1) is 12.3. The van der Waals surface area contributed by atoms with E-state index in [1.54, 1.807) is 0 Å². The van der Waals surface area contributed by atoms with Gasteiger partial charge in [-0.1, -0.05) is 25.1 Å². The quantitative estimate of drug-likeness (QED) is 0.726. The fraction of sp³-hybridized carbons (Fsp3) is 0.533. The Hall–Kier alpha value is -1.15. The molecule has 0 N–H and O–H groups in total. The van der Waals surface area contributed by atoms with E-state index >= 15 is 0 Å². The summed E-state index contributed by atoms with van der Waals surface area (Å²) in [7, 11) is 2.20. The van der Waals surface area contributed by atoms with Crippen LogP contribution >= 0.6 is 0 Å². The lowest BCUT2D eigenvalue weighted by molar-refractivity contribution is 0.148. The number of aromatic nitrogens is 1. The predicted molar refractivity (Wildman–Crippen MR) is 72.0 cm³/mol. The van der Waals surface area contributed by atoms with Gasteiger partial charge in [-0.25, -0.2) is 0 Å². The second kappa shape index (κ2) is 5.01. The minimum absolute atomic E-state index is 0.181. The minimum Gasteiger partial charge on any atom is -0.306 e. The van der Waals surface area contributed by atoms with E-state index in [2.05, 4.69) is 55.1 Å². The average Bonchev–Trinajstić information content (AvgIpc) is 2.35. The van der Waals surface area contributed by atoms with Crippen molar-refractivity contribution in [2.45, 2.75) is 25.7 Å². The Bertz CT molecular complexity index is 385. The summed E-state index contributed by atoms with van der Waals surface area (Å²) in [6.45, 7) is 6.74. The fourth-order valence-electron chi connectivity index (χ4n) is 2.76. The minimum atomic E-state index is 0.181. The summed E-state index contributed by atoms with van der Waals surface area (Å²) in [6, 6.07) is 6.26. The van der Waals surface area contributed by atoms with Gasteiger partial charge in [-0.3, -0.25) is 4.98 Å². The third-order valence-corrected chi connectivity index (χ3v) is 4.01. The van der Waals surface area contributed by atoms with Gasteiger partial charge in [0, 0.05) is 29.8 Å². The zero-order valence-electron chi connectivity index (χ0n) is 11.1. The molecule has 0 spiro atoms. The van der Waals surface area contributed by atoms with Gasteiger partial charge in [0.1, 0.15) is 0 Å². The first-order valence-electron chi connectivity index (χ1n) is 6.39. The number of nitrogens with zero attached hydrogens (tertiary/aromatic N) is 2. The van der Waals surface area contributed by atoms with E-state index in [0.29, 0.717) is 5.92 Å². The van der Waals surface area contributed by atoms with E-state index in [1.807, 2.05) is 12.3 Å². The summed E-state index contributed by atoms with van der Waals surface area (Å²) in [5, 5.41) is 0. The monoisotopic (exact) mass is 230 g/mol. The van der Waals surface area contributed by atoms with E-state index in [-0.39, 0.29) is 5.41 Å². The van der Waals surface area contributed by atoms with Gasteiger partial charge in [0.2, 0.25) is 0 Å². The molecule has 2 heteroatoms. The second-order valence-electron chi connectivity index (χ2n) is 5.28. The maximum Gasteiger partial charge on any atom is 0.0469 e. The van der Waals surface area contributed by atoms with Crippen LogP contribution in [0.25, 0.3) is 0 Å². The van der Waals surface area contributed by atoms with Gasteiger partial charge in [-0.2, -0.15) is 0 Å². The standard InChI is InChI=1S/C15H22N2/c1-4-7-13-12-17(3)11-9-15(13,2)14-8-5-6-10-16-14/h4-8,10,13H,9,11-12H2,1-3H3/b7-4-. The van der Waals surface area contributed by atoms with Crippen molar-refractivity contribution in [3.63, 3.8) is 0 Å². The molecule has 1 aromatic rings. The lowest BCUT2D eigenvalue weighted by Gasteiger charge is -2.43. The third kappa shape index (κ3) is 2.42. The summed E-state index contributed by atoms with van der Waals surface area (Å²) in [4.78, 5) is 6.99. The summed E-state index contributed by atoms with van der Waals surface area (Å²) >= 11 is 0. The molecule has 1 saturated heterocycles. The molecule has 2 heterocycles. The van der Waals surface area contributed by atoms with Crippen molar-refractivity contribution >= 4 is 0 Å². The smallest absolute Gasteiger partial charge is 0.0469 e. The third-order valence-electron chi connectivity index (χ3n) is 4.01. The first-order chi connectivity index (χ1) is 8.16. The first-order valence-corrected chi connectivity index (χ1v) is 6.39. The van der Waals surface area contributed by atoms with Gasteiger partial charge in [0.25, 0.3) is 0 Å². The van der Waals surface area contributed by atoms with Crippen LogP contribution in [-0.4, -0.2) is 30.0 Å². The Labute approximate surface area is 104 Å². The summed E-state index contributed by atoms with van der Waals surface area (Å²) in [6.07, 6.45) is 7.59. The number of rotatable bonds is 2. The molecule has 1 aromatic heterocycles. The molecule has 2 nitrogen and oxygen atoms in total. The van der Waals surface area contributed by atoms with Gasteiger partial charge in [-0.05, 0) is 39.1 Å². The zero-order chi connectivity index (χ0) is 12.3. The molecular weight excluding hydrogens is 208 g/mol. The number of allylic oxidation sites excluding steroid dienone is 1. The highest BCUT2D eigenvalue weighted by Gasteiger charge is 2.39. The SMILES string of the molecule is C/C=C\C1CN(C)CCC1(C)c1ccccn1. The van der Waals surface area contributed by atoms with Crippen LogP contribution < -0.4 is 0 Å². The topological polar surface area (TPSA) is 16.1 Å². The van der Waals surface area contributed by atoms with E-state index in [4.69, 9.17) is 0 Å². The fourth-order valence-corrected chi connectivity index (χ4v) is 2.76. The normalized spacial score (nSPS) is 30.9. The van der Waals surface area contributed by atoms with Crippen molar-refractivity contribution in [1.29, 1.82) is 0 Å². The molecule has 0 radical (unpaired) electrons. The highest BCUT2D eigenvalue weighted by atomic mass is 15.1. The molecule has 1 fully saturated rings. The average molecular weight is 230 g/mol. The van der Waals surface area contributed by atoms with Crippen molar-refractivity contribution in [1.82, 2.24) is 9.88 Å². The molecule has 1 aliphatic rings. The van der Waals surface area contributed by atoms with Crippen LogP contribution in [-0.2, 0) is 5.41 Å². The number of hydrogen-bond acceptors (Lipinski definition) is 2. The summed E-state index contributed by atoms with van der Waals surface area (Å²) in [5.74, 6) is 0.557. The zero-order valence-corrected chi connectivity index (χ0v) is 11.1. The summed E-state index contributed by atoms with van der Waals surface area (Å²) < 4.78 is 0. The highest BCUT2D eigenvalue weighted by Crippen LogP contribution is 2.38. The van der Waals surface area contributed by atoms with Gasteiger partial charge in [0.15, 0.2) is 0 Å². The number of pyridine rings is 1. The maximum atomic E-state index is 4.58. The van der Waals surface area contributed by atoms with Crippen LogP contribution in [0.3, 0.4) is 0 Å². The van der Waals surface area contributed by atoms with E-state index in [0.717, 1.165) is 13.1 Å². The number of piperidine rings is 1. The largest absolute Gasteiger partial charge is 0.306 e. The predicted octanol–water partition coefficient (Wildman–Crippen LogP) is 2.87. The van der Waals surface area contributed by atoms with Crippen molar-refractivity contribution < 1.29 is 0 Å². The van der Waals surface area contributed by atoms with Crippen molar-refractivity contribution in [2.75, 3.05) is 20.1 Å². The van der Waals surface area contributed by atoms with E-state index in [1.165, 1.54) is 12.1 Å². The molecular formula is C15H22N2. The van der Waals surface area contributed by atoms with Crippen LogP contribution in [0.4, 0.5) is 0 Å². The Morgan fingerprint density at radius 3 is 2.94 bits per heavy atom. The maximum absolute atomic E-state index is 4.58. The van der Waals surface area contributed by atoms with Crippen molar-refractivity contribution in [3.8, 4) is 0 Å². The van der Waals surface area contributed by atoms with Crippen LogP contribution in [0.5, 0.6) is 0 Å². The molecule has 17 heavy (non-hydrogen) atoms. The highest BCUT2D eigenvalue weighted by molar-refractivity contribution is 5.21. The lowest BCUT2D eigenvalue weighted by Crippen LogP contribution is -2.46. The van der Waals surface area contributed by atoms with Gasteiger partial charge in [-0.15, -0.1) is 0 Å².